The predicted molar refractivity (Wildman–Crippen MR) is 58.0 cm³/mol. The van der Waals surface area contributed by atoms with Gasteiger partial charge in [0.25, 0.3) is 0 Å². The van der Waals surface area contributed by atoms with Gasteiger partial charge >= 0.3 is 0 Å². The minimum Gasteiger partial charge on any atom is -0.389 e. The summed E-state index contributed by atoms with van der Waals surface area (Å²) in [5.74, 6) is -0.864. The van der Waals surface area contributed by atoms with Crippen LogP contribution in [-0.4, -0.2) is 10.7 Å². The first kappa shape index (κ1) is 11.5. The Labute approximate surface area is 94.1 Å². The van der Waals surface area contributed by atoms with Gasteiger partial charge in [-0.25, -0.2) is 8.78 Å². The lowest BCUT2D eigenvalue weighted by atomic mass is 9.87. The van der Waals surface area contributed by atoms with Crippen molar-refractivity contribution in [2.45, 2.75) is 38.2 Å². The fourth-order valence-corrected chi connectivity index (χ4v) is 2.25. The third-order valence-corrected chi connectivity index (χ3v) is 3.38. The van der Waals surface area contributed by atoms with Crippen molar-refractivity contribution >= 4 is 0 Å². The molecule has 0 amide bonds. The fourth-order valence-electron chi connectivity index (χ4n) is 2.25. The van der Waals surface area contributed by atoms with E-state index in [2.05, 4.69) is 0 Å². The molecule has 0 aromatic heterocycles. The highest BCUT2D eigenvalue weighted by molar-refractivity contribution is 5.20. The zero-order valence-corrected chi connectivity index (χ0v) is 9.34. The Morgan fingerprint density at radius 1 is 1.25 bits per heavy atom. The van der Waals surface area contributed by atoms with Crippen LogP contribution in [-0.2, 0) is 6.42 Å². The SMILES string of the molecule is CCC(O)(Cc1cc(F)cc(F)c1)C1CC1. The van der Waals surface area contributed by atoms with E-state index in [1.807, 2.05) is 6.92 Å². The summed E-state index contributed by atoms with van der Waals surface area (Å²) in [6.45, 7) is 1.91. The molecule has 0 bridgehead atoms. The van der Waals surface area contributed by atoms with Crippen LogP contribution in [0.2, 0.25) is 0 Å². The normalized spacial score (nSPS) is 19.5. The minimum absolute atomic E-state index is 0.295. The Morgan fingerprint density at radius 2 is 1.81 bits per heavy atom. The lowest BCUT2D eigenvalue weighted by molar-refractivity contribution is 0.0138. The zero-order valence-electron chi connectivity index (χ0n) is 9.34. The van der Waals surface area contributed by atoms with Gasteiger partial charge in [-0.05, 0) is 42.9 Å². The molecule has 1 atom stereocenters. The summed E-state index contributed by atoms with van der Waals surface area (Å²) >= 11 is 0. The molecule has 1 aromatic carbocycles. The Bertz CT molecular complexity index is 367. The lowest BCUT2D eigenvalue weighted by Crippen LogP contribution is -2.33. The molecule has 1 nitrogen and oxygen atoms in total. The second-order valence-corrected chi connectivity index (χ2v) is 4.69. The molecule has 3 heteroatoms. The zero-order chi connectivity index (χ0) is 11.8. The van der Waals surface area contributed by atoms with Gasteiger partial charge in [0.2, 0.25) is 0 Å². The van der Waals surface area contributed by atoms with Gasteiger partial charge in [0, 0.05) is 12.5 Å². The van der Waals surface area contributed by atoms with Crippen molar-refractivity contribution in [1.29, 1.82) is 0 Å². The molecular weight excluding hydrogens is 210 g/mol. The van der Waals surface area contributed by atoms with E-state index in [0.717, 1.165) is 18.9 Å². The van der Waals surface area contributed by atoms with Crippen molar-refractivity contribution in [2.24, 2.45) is 5.92 Å². The summed E-state index contributed by atoms with van der Waals surface area (Å²) < 4.78 is 26.0. The molecule has 1 unspecified atom stereocenters. The summed E-state index contributed by atoms with van der Waals surface area (Å²) in [4.78, 5) is 0. The minimum atomic E-state index is -0.791. The van der Waals surface area contributed by atoms with Gasteiger partial charge in [0.15, 0.2) is 0 Å². The molecule has 1 aliphatic rings. The Balaban J connectivity index is 2.18. The molecule has 16 heavy (non-hydrogen) atoms. The van der Waals surface area contributed by atoms with Crippen molar-refractivity contribution < 1.29 is 13.9 Å². The lowest BCUT2D eigenvalue weighted by Gasteiger charge is -2.26. The molecule has 0 spiro atoms. The van der Waals surface area contributed by atoms with Crippen LogP contribution in [0.5, 0.6) is 0 Å². The Kier molecular flexibility index (Phi) is 2.98. The van der Waals surface area contributed by atoms with E-state index in [1.165, 1.54) is 12.1 Å². The maximum atomic E-state index is 13.0. The van der Waals surface area contributed by atoms with Gasteiger partial charge in [0.1, 0.15) is 11.6 Å². The van der Waals surface area contributed by atoms with Crippen molar-refractivity contribution in [3.05, 3.63) is 35.4 Å². The molecule has 0 radical (unpaired) electrons. The summed E-state index contributed by atoms with van der Waals surface area (Å²) in [7, 11) is 0. The quantitative estimate of drug-likeness (QED) is 0.836. The van der Waals surface area contributed by atoms with Crippen molar-refractivity contribution in [1.82, 2.24) is 0 Å². The van der Waals surface area contributed by atoms with Crippen LogP contribution < -0.4 is 0 Å². The molecule has 88 valence electrons. The first-order valence-electron chi connectivity index (χ1n) is 5.71. The number of aliphatic hydroxyl groups is 1. The standard InChI is InChI=1S/C13H16F2O/c1-2-13(16,10-3-4-10)8-9-5-11(14)7-12(15)6-9/h5-7,10,16H,2-4,8H2,1H3. The van der Waals surface area contributed by atoms with Crippen LogP contribution in [0.3, 0.4) is 0 Å². The number of rotatable bonds is 4. The average Bonchev–Trinajstić information content (AvgIpc) is 2.98. The first-order valence-corrected chi connectivity index (χ1v) is 5.71. The van der Waals surface area contributed by atoms with Crippen LogP contribution >= 0.6 is 0 Å². The van der Waals surface area contributed by atoms with E-state index >= 15 is 0 Å². The topological polar surface area (TPSA) is 20.2 Å². The summed E-state index contributed by atoms with van der Waals surface area (Å²) in [5.41, 5.74) is -0.256. The van der Waals surface area contributed by atoms with Crippen LogP contribution in [0.4, 0.5) is 8.78 Å². The van der Waals surface area contributed by atoms with Gasteiger partial charge in [-0.3, -0.25) is 0 Å². The van der Waals surface area contributed by atoms with Crippen molar-refractivity contribution in [3.8, 4) is 0 Å². The monoisotopic (exact) mass is 226 g/mol. The first-order chi connectivity index (χ1) is 7.53. The Hall–Kier alpha value is -0.960. The third kappa shape index (κ3) is 2.40. The van der Waals surface area contributed by atoms with Crippen LogP contribution in [0.1, 0.15) is 31.7 Å². The highest BCUT2D eigenvalue weighted by atomic mass is 19.1. The molecule has 1 saturated carbocycles. The van der Waals surface area contributed by atoms with Gasteiger partial charge in [-0.1, -0.05) is 6.92 Å². The predicted octanol–water partition coefficient (Wildman–Crippen LogP) is 3.06. The van der Waals surface area contributed by atoms with Crippen LogP contribution in [0.15, 0.2) is 18.2 Å². The average molecular weight is 226 g/mol. The third-order valence-electron chi connectivity index (χ3n) is 3.38. The molecule has 1 aromatic rings. The molecular formula is C13H16F2O. The summed E-state index contributed by atoms with van der Waals surface area (Å²) in [6.07, 6.45) is 2.99. The van der Waals surface area contributed by atoms with E-state index in [1.54, 1.807) is 0 Å². The van der Waals surface area contributed by atoms with Gasteiger partial charge in [-0.2, -0.15) is 0 Å². The summed E-state index contributed by atoms with van der Waals surface area (Å²) in [6, 6.07) is 3.45. The van der Waals surface area contributed by atoms with E-state index in [-0.39, 0.29) is 0 Å². The highest BCUT2D eigenvalue weighted by Gasteiger charge is 2.42. The molecule has 1 N–H and O–H groups in total. The second kappa shape index (κ2) is 4.13. The van der Waals surface area contributed by atoms with Crippen LogP contribution in [0.25, 0.3) is 0 Å². The number of hydrogen-bond acceptors (Lipinski definition) is 1. The molecule has 0 heterocycles. The summed E-state index contributed by atoms with van der Waals surface area (Å²) in [5, 5.41) is 10.4. The maximum absolute atomic E-state index is 13.0. The van der Waals surface area contributed by atoms with E-state index in [4.69, 9.17) is 0 Å². The van der Waals surface area contributed by atoms with Gasteiger partial charge < -0.3 is 5.11 Å². The number of benzene rings is 1. The molecule has 1 aliphatic carbocycles. The van der Waals surface area contributed by atoms with E-state index < -0.39 is 17.2 Å². The molecule has 2 rings (SSSR count). The van der Waals surface area contributed by atoms with Gasteiger partial charge in [-0.15, -0.1) is 0 Å². The second-order valence-electron chi connectivity index (χ2n) is 4.69. The molecule has 1 fully saturated rings. The largest absolute Gasteiger partial charge is 0.389 e. The van der Waals surface area contributed by atoms with Gasteiger partial charge in [0.05, 0.1) is 5.60 Å². The number of hydrogen-bond donors (Lipinski definition) is 1. The van der Waals surface area contributed by atoms with E-state index in [9.17, 15) is 13.9 Å². The highest BCUT2D eigenvalue weighted by Crippen LogP contribution is 2.43. The Morgan fingerprint density at radius 3 is 2.25 bits per heavy atom. The van der Waals surface area contributed by atoms with Crippen LogP contribution in [0, 0.1) is 17.6 Å². The molecule has 0 saturated heterocycles. The van der Waals surface area contributed by atoms with Crippen molar-refractivity contribution in [2.75, 3.05) is 0 Å². The van der Waals surface area contributed by atoms with Crippen molar-refractivity contribution in [3.63, 3.8) is 0 Å². The number of halogens is 2. The van der Waals surface area contributed by atoms with E-state index in [0.29, 0.717) is 24.3 Å². The maximum Gasteiger partial charge on any atom is 0.126 e. The smallest absolute Gasteiger partial charge is 0.126 e. The molecule has 0 aliphatic heterocycles. The fraction of sp³-hybridized carbons (Fsp3) is 0.538.